The molecule has 1 aromatic carbocycles. The Labute approximate surface area is 129 Å². The summed E-state index contributed by atoms with van der Waals surface area (Å²) >= 11 is 0. The van der Waals surface area contributed by atoms with Crippen molar-refractivity contribution in [1.29, 1.82) is 0 Å². The van der Waals surface area contributed by atoms with E-state index in [0.29, 0.717) is 0 Å². The number of halogens is 2. The molecule has 3 rings (SSSR count). The molecule has 2 aliphatic heterocycles. The number of fused-ring (bicyclic) bond motifs is 2. The van der Waals surface area contributed by atoms with Gasteiger partial charge < -0.3 is 19.9 Å². The molecule has 0 radical (unpaired) electrons. The van der Waals surface area contributed by atoms with Gasteiger partial charge in [-0.15, -0.1) is 0 Å². The molecule has 2 heterocycles. The van der Waals surface area contributed by atoms with Crippen molar-refractivity contribution in [3.05, 3.63) is 36.4 Å². The van der Waals surface area contributed by atoms with E-state index >= 15 is 0 Å². The number of aliphatic carboxylic acids is 1. The standard InChI is InChI=1S/C15H13F2NO5/c16-15(17)23-8-4-2-1-3-7(8)18-13(19)11-9-5-6-10(22-9)12(11)14(20)21/h1-6,9-12,15H,(H,18,19)(H,20,21)/t9-,10-,11-,12+/m1/s1. The number of ether oxygens (including phenoxy) is 2. The number of para-hydroxylation sites is 2. The van der Waals surface area contributed by atoms with Gasteiger partial charge in [-0.2, -0.15) is 8.78 Å². The van der Waals surface area contributed by atoms with E-state index in [-0.39, 0.29) is 11.4 Å². The van der Waals surface area contributed by atoms with Gasteiger partial charge in [0.05, 0.1) is 23.8 Å². The average molecular weight is 325 g/mol. The molecule has 2 bridgehead atoms. The number of rotatable bonds is 5. The fourth-order valence-electron chi connectivity index (χ4n) is 2.90. The van der Waals surface area contributed by atoms with Gasteiger partial charge in [0, 0.05) is 0 Å². The molecule has 122 valence electrons. The van der Waals surface area contributed by atoms with Gasteiger partial charge in [-0.25, -0.2) is 0 Å². The van der Waals surface area contributed by atoms with Crippen molar-refractivity contribution in [1.82, 2.24) is 0 Å². The molecule has 23 heavy (non-hydrogen) atoms. The van der Waals surface area contributed by atoms with Crippen molar-refractivity contribution in [3.8, 4) is 5.75 Å². The highest BCUT2D eigenvalue weighted by Gasteiger charge is 2.53. The first-order valence-corrected chi connectivity index (χ1v) is 6.88. The van der Waals surface area contributed by atoms with E-state index in [0.717, 1.165) is 0 Å². The molecular weight excluding hydrogens is 312 g/mol. The number of nitrogens with one attached hydrogen (secondary N) is 1. The molecule has 2 N–H and O–H groups in total. The smallest absolute Gasteiger partial charge is 0.387 e. The van der Waals surface area contributed by atoms with Gasteiger partial charge in [0.2, 0.25) is 5.91 Å². The number of hydrogen-bond donors (Lipinski definition) is 2. The van der Waals surface area contributed by atoms with E-state index in [9.17, 15) is 23.5 Å². The van der Waals surface area contributed by atoms with Crippen LogP contribution in [0.25, 0.3) is 0 Å². The van der Waals surface area contributed by atoms with Gasteiger partial charge in [-0.1, -0.05) is 24.3 Å². The van der Waals surface area contributed by atoms with Crippen LogP contribution in [0.3, 0.4) is 0 Å². The van der Waals surface area contributed by atoms with E-state index in [1.54, 1.807) is 18.2 Å². The van der Waals surface area contributed by atoms with Crippen molar-refractivity contribution < 1.29 is 33.0 Å². The lowest BCUT2D eigenvalue weighted by Crippen LogP contribution is -2.39. The lowest BCUT2D eigenvalue weighted by molar-refractivity contribution is -0.145. The van der Waals surface area contributed by atoms with Crippen molar-refractivity contribution >= 4 is 17.6 Å². The van der Waals surface area contributed by atoms with Crippen LogP contribution in [0, 0.1) is 11.8 Å². The first-order valence-electron chi connectivity index (χ1n) is 6.88. The second kappa shape index (κ2) is 5.96. The Kier molecular flexibility index (Phi) is 3.99. The third kappa shape index (κ3) is 2.89. The van der Waals surface area contributed by atoms with Crippen molar-refractivity contribution in [2.45, 2.75) is 18.8 Å². The molecular formula is C15H13F2NO5. The molecule has 0 aliphatic carbocycles. The van der Waals surface area contributed by atoms with E-state index in [4.69, 9.17) is 4.74 Å². The third-order valence-electron chi connectivity index (χ3n) is 3.85. The first kappa shape index (κ1) is 15.4. The van der Waals surface area contributed by atoms with Crippen molar-refractivity contribution in [3.63, 3.8) is 0 Å². The van der Waals surface area contributed by atoms with Crippen LogP contribution in [-0.2, 0) is 14.3 Å². The highest BCUT2D eigenvalue weighted by molar-refractivity contribution is 5.97. The summed E-state index contributed by atoms with van der Waals surface area (Å²) in [5, 5.41) is 11.7. The molecule has 4 atom stereocenters. The van der Waals surface area contributed by atoms with Crippen molar-refractivity contribution in [2.24, 2.45) is 11.8 Å². The zero-order chi connectivity index (χ0) is 16.6. The van der Waals surface area contributed by atoms with Crippen LogP contribution in [0.2, 0.25) is 0 Å². The number of amides is 1. The van der Waals surface area contributed by atoms with Crippen LogP contribution in [0.4, 0.5) is 14.5 Å². The van der Waals surface area contributed by atoms with E-state index in [2.05, 4.69) is 10.1 Å². The summed E-state index contributed by atoms with van der Waals surface area (Å²) in [5.74, 6) is -3.88. The Morgan fingerprint density at radius 1 is 1.17 bits per heavy atom. The van der Waals surface area contributed by atoms with Crippen LogP contribution in [0.1, 0.15) is 0 Å². The van der Waals surface area contributed by atoms with E-state index < -0.39 is 42.5 Å². The largest absolute Gasteiger partial charge is 0.481 e. The number of alkyl halides is 2. The molecule has 1 saturated heterocycles. The number of carbonyl (C=O) groups excluding carboxylic acids is 1. The van der Waals surface area contributed by atoms with Gasteiger partial charge in [0.15, 0.2) is 0 Å². The maximum absolute atomic E-state index is 12.4. The number of carboxylic acid groups (broad SMARTS) is 1. The number of carbonyl (C=O) groups is 2. The van der Waals surface area contributed by atoms with Gasteiger partial charge in [0.1, 0.15) is 11.7 Å². The minimum Gasteiger partial charge on any atom is -0.481 e. The summed E-state index contributed by atoms with van der Waals surface area (Å²) in [5.41, 5.74) is 0.0497. The van der Waals surface area contributed by atoms with Crippen molar-refractivity contribution in [2.75, 3.05) is 5.32 Å². The SMILES string of the molecule is O=C(O)[C@@H]1[C@H](C(=O)Nc2ccccc2OC(F)F)[C@H]2C=C[C@H]1O2. The molecule has 2 aliphatic rings. The predicted molar refractivity (Wildman–Crippen MR) is 74.1 cm³/mol. The van der Waals surface area contributed by atoms with Gasteiger partial charge >= 0.3 is 12.6 Å². The minimum atomic E-state index is -3.03. The highest BCUT2D eigenvalue weighted by atomic mass is 19.3. The maximum Gasteiger partial charge on any atom is 0.387 e. The summed E-state index contributed by atoms with van der Waals surface area (Å²) in [4.78, 5) is 23.8. The normalized spacial score (nSPS) is 28.1. The summed E-state index contributed by atoms with van der Waals surface area (Å²) in [7, 11) is 0. The second-order valence-corrected chi connectivity index (χ2v) is 5.20. The lowest BCUT2D eigenvalue weighted by atomic mass is 9.82. The van der Waals surface area contributed by atoms with Crippen LogP contribution in [-0.4, -0.2) is 35.8 Å². The molecule has 8 heteroatoms. The second-order valence-electron chi connectivity index (χ2n) is 5.20. The average Bonchev–Trinajstić information content (AvgIpc) is 3.09. The summed E-state index contributed by atoms with van der Waals surface area (Å²) in [6.45, 7) is -3.03. The first-order chi connectivity index (χ1) is 11.0. The van der Waals surface area contributed by atoms with Crippen LogP contribution < -0.4 is 10.1 Å². The molecule has 0 spiro atoms. The van der Waals surface area contributed by atoms with Crippen LogP contribution >= 0.6 is 0 Å². The number of benzene rings is 1. The fourth-order valence-corrected chi connectivity index (χ4v) is 2.90. The molecule has 0 unspecified atom stereocenters. The van der Waals surface area contributed by atoms with Crippen LogP contribution in [0.5, 0.6) is 5.75 Å². The van der Waals surface area contributed by atoms with Crippen LogP contribution in [0.15, 0.2) is 36.4 Å². The van der Waals surface area contributed by atoms with Gasteiger partial charge in [-0.05, 0) is 12.1 Å². The summed E-state index contributed by atoms with van der Waals surface area (Å²) in [6.07, 6.45) is 1.96. The number of carboxylic acids is 1. The third-order valence-corrected chi connectivity index (χ3v) is 3.85. The highest BCUT2D eigenvalue weighted by Crippen LogP contribution is 2.40. The van der Waals surface area contributed by atoms with Gasteiger partial charge in [0.25, 0.3) is 0 Å². The number of hydrogen-bond acceptors (Lipinski definition) is 4. The topological polar surface area (TPSA) is 84.9 Å². The summed E-state index contributed by atoms with van der Waals surface area (Å²) < 4.78 is 34.5. The lowest BCUT2D eigenvalue weighted by Gasteiger charge is -2.21. The Balaban J connectivity index is 1.80. The zero-order valence-corrected chi connectivity index (χ0v) is 11.7. The fraction of sp³-hybridized carbons (Fsp3) is 0.333. The molecule has 0 aromatic heterocycles. The Hall–Kier alpha value is -2.48. The predicted octanol–water partition coefficient (Wildman–Crippen LogP) is 1.88. The maximum atomic E-state index is 12.4. The zero-order valence-electron chi connectivity index (χ0n) is 11.7. The minimum absolute atomic E-state index is 0.0497. The Morgan fingerprint density at radius 3 is 2.48 bits per heavy atom. The van der Waals surface area contributed by atoms with E-state index in [1.165, 1.54) is 18.2 Å². The Morgan fingerprint density at radius 2 is 1.83 bits per heavy atom. The van der Waals surface area contributed by atoms with Gasteiger partial charge in [-0.3, -0.25) is 9.59 Å². The van der Waals surface area contributed by atoms with E-state index in [1.807, 2.05) is 0 Å². The summed E-state index contributed by atoms with van der Waals surface area (Å²) in [6, 6.07) is 5.71. The molecule has 1 amide bonds. The molecule has 0 saturated carbocycles. The molecule has 6 nitrogen and oxygen atoms in total. The molecule has 1 fully saturated rings. The monoisotopic (exact) mass is 325 g/mol. The quantitative estimate of drug-likeness (QED) is 0.808. The molecule has 1 aromatic rings. The number of anilines is 1. The Bertz CT molecular complexity index is 663.